The number of hydrogen-bond acceptors (Lipinski definition) is 1. The van der Waals surface area contributed by atoms with Gasteiger partial charge in [-0.25, -0.2) is 0 Å². The summed E-state index contributed by atoms with van der Waals surface area (Å²) in [6.45, 7) is 0.828. The maximum absolute atomic E-state index is 5.40. The van der Waals surface area contributed by atoms with Gasteiger partial charge in [-0.05, 0) is 0 Å². The summed E-state index contributed by atoms with van der Waals surface area (Å²) >= 11 is 0.640. The predicted molar refractivity (Wildman–Crippen MR) is 50.3 cm³/mol. The Balaban J connectivity index is 2.28. The molecule has 0 atom stereocenters. The van der Waals surface area contributed by atoms with Crippen molar-refractivity contribution in [2.75, 3.05) is 6.54 Å². The van der Waals surface area contributed by atoms with Crippen molar-refractivity contribution in [3.05, 3.63) is 30.3 Å². The van der Waals surface area contributed by atoms with Crippen LogP contribution in [0.1, 0.15) is 6.42 Å². The van der Waals surface area contributed by atoms with E-state index in [1.807, 2.05) is 0 Å². The van der Waals surface area contributed by atoms with Crippen LogP contribution in [-0.4, -0.2) is 21.5 Å². The van der Waals surface area contributed by atoms with Crippen molar-refractivity contribution < 1.29 is 0 Å². The van der Waals surface area contributed by atoms with E-state index < -0.39 is 0 Å². The number of rotatable bonds is 4. The van der Waals surface area contributed by atoms with Crippen LogP contribution in [-0.2, 0) is 0 Å². The monoisotopic (exact) mass is 215 g/mol. The fourth-order valence-corrected chi connectivity index (χ4v) is 2.67. The average molecular weight is 214 g/mol. The third-order valence-corrected chi connectivity index (χ3v) is 3.66. The Morgan fingerprint density at radius 2 is 1.91 bits per heavy atom. The molecule has 0 aliphatic heterocycles. The average Bonchev–Trinajstić information content (AvgIpc) is 2.07. The molecule has 0 unspecified atom stereocenters. The molecule has 0 bridgehead atoms. The Kier molecular flexibility index (Phi) is 4.29. The van der Waals surface area contributed by atoms with E-state index >= 15 is 0 Å². The molecule has 2 heteroatoms. The van der Waals surface area contributed by atoms with Crippen molar-refractivity contribution >= 4 is 19.4 Å². The summed E-state index contributed by atoms with van der Waals surface area (Å²) in [4.78, 5) is 0. The second-order valence-electron chi connectivity index (χ2n) is 2.30. The van der Waals surface area contributed by atoms with Gasteiger partial charge in [0, 0.05) is 0 Å². The molecular weight excluding hydrogens is 201 g/mol. The van der Waals surface area contributed by atoms with Crippen molar-refractivity contribution in [3.63, 3.8) is 0 Å². The van der Waals surface area contributed by atoms with Crippen molar-refractivity contribution in [1.82, 2.24) is 0 Å². The van der Waals surface area contributed by atoms with Gasteiger partial charge in [0.15, 0.2) is 0 Å². The van der Waals surface area contributed by atoms with Gasteiger partial charge in [0.05, 0.1) is 0 Å². The second-order valence-corrected chi connectivity index (χ2v) is 4.75. The molecule has 1 rings (SSSR count). The molecule has 1 aromatic rings. The van der Waals surface area contributed by atoms with Crippen LogP contribution in [0.3, 0.4) is 0 Å². The second kappa shape index (κ2) is 5.36. The first kappa shape index (κ1) is 8.79. The molecule has 2 N–H and O–H groups in total. The van der Waals surface area contributed by atoms with Gasteiger partial charge >= 0.3 is 73.8 Å². The van der Waals surface area contributed by atoms with Crippen LogP contribution in [0.4, 0.5) is 0 Å². The van der Waals surface area contributed by atoms with E-state index in [-0.39, 0.29) is 0 Å². The molecule has 0 aromatic heterocycles. The minimum absolute atomic E-state index is 0.640. The zero-order valence-electron chi connectivity index (χ0n) is 6.49. The first-order chi connectivity index (χ1) is 5.43. The molecule has 0 spiro atoms. The normalized spacial score (nSPS) is 9.91. The van der Waals surface area contributed by atoms with Crippen LogP contribution in [0.2, 0.25) is 5.32 Å². The molecule has 60 valence electrons. The summed E-state index contributed by atoms with van der Waals surface area (Å²) in [7, 11) is 0. The van der Waals surface area contributed by atoms with Gasteiger partial charge < -0.3 is 0 Å². The molecule has 0 aliphatic rings. The summed E-state index contributed by atoms with van der Waals surface area (Å²) in [5.41, 5.74) is 5.40. The molecule has 0 heterocycles. The molecule has 1 nitrogen and oxygen atoms in total. The van der Waals surface area contributed by atoms with Crippen LogP contribution >= 0.6 is 0 Å². The zero-order chi connectivity index (χ0) is 7.94. The van der Waals surface area contributed by atoms with Crippen LogP contribution in [0.5, 0.6) is 0 Å². The SMILES string of the molecule is NCCC[Se]c1ccccc1. The number of hydrogen-bond donors (Lipinski definition) is 1. The van der Waals surface area contributed by atoms with E-state index in [9.17, 15) is 0 Å². The molecule has 1 aromatic carbocycles. The van der Waals surface area contributed by atoms with Gasteiger partial charge in [-0.1, -0.05) is 0 Å². The van der Waals surface area contributed by atoms with Crippen LogP contribution in [0.25, 0.3) is 0 Å². The Labute approximate surface area is 74.1 Å². The van der Waals surface area contributed by atoms with Gasteiger partial charge in [-0.15, -0.1) is 0 Å². The molecule has 11 heavy (non-hydrogen) atoms. The standard InChI is InChI=1S/C9H13NSe/c10-7-4-8-11-9-5-2-1-3-6-9/h1-3,5-6H,4,7-8,10H2. The van der Waals surface area contributed by atoms with Crippen LogP contribution in [0, 0.1) is 0 Å². The van der Waals surface area contributed by atoms with Gasteiger partial charge in [-0.2, -0.15) is 0 Å². The quantitative estimate of drug-likeness (QED) is 0.581. The third-order valence-electron chi connectivity index (χ3n) is 1.36. The summed E-state index contributed by atoms with van der Waals surface area (Å²) in [6, 6.07) is 10.6. The van der Waals surface area contributed by atoms with Crippen molar-refractivity contribution in [2.24, 2.45) is 5.73 Å². The minimum atomic E-state index is 0.640. The van der Waals surface area contributed by atoms with E-state index in [1.165, 1.54) is 9.78 Å². The Hall–Kier alpha value is -0.301. The van der Waals surface area contributed by atoms with Crippen molar-refractivity contribution in [3.8, 4) is 0 Å². The Morgan fingerprint density at radius 3 is 2.55 bits per heavy atom. The van der Waals surface area contributed by atoms with Crippen LogP contribution in [0.15, 0.2) is 30.3 Å². The Bertz CT molecular complexity index is 186. The first-order valence-corrected chi connectivity index (χ1v) is 5.88. The number of benzene rings is 1. The van der Waals surface area contributed by atoms with Crippen molar-refractivity contribution in [2.45, 2.75) is 11.7 Å². The van der Waals surface area contributed by atoms with E-state index in [0.717, 1.165) is 13.0 Å². The van der Waals surface area contributed by atoms with Gasteiger partial charge in [0.2, 0.25) is 0 Å². The molecule has 0 aliphatic carbocycles. The maximum atomic E-state index is 5.40. The molecule has 0 saturated heterocycles. The van der Waals surface area contributed by atoms with Crippen LogP contribution < -0.4 is 10.2 Å². The summed E-state index contributed by atoms with van der Waals surface area (Å²) in [5.74, 6) is 0. The van der Waals surface area contributed by atoms with Gasteiger partial charge in [0.1, 0.15) is 0 Å². The molecule has 0 fully saturated rings. The topological polar surface area (TPSA) is 26.0 Å². The van der Waals surface area contributed by atoms with E-state index in [2.05, 4.69) is 30.3 Å². The van der Waals surface area contributed by atoms with E-state index in [1.54, 1.807) is 0 Å². The third kappa shape index (κ3) is 3.57. The molecule has 0 saturated carbocycles. The summed E-state index contributed by atoms with van der Waals surface area (Å²) in [5, 5.41) is 1.27. The van der Waals surface area contributed by atoms with Gasteiger partial charge in [0.25, 0.3) is 0 Å². The zero-order valence-corrected chi connectivity index (χ0v) is 8.21. The summed E-state index contributed by atoms with van der Waals surface area (Å²) < 4.78 is 1.48. The van der Waals surface area contributed by atoms with E-state index in [0.29, 0.717) is 15.0 Å². The van der Waals surface area contributed by atoms with Crippen molar-refractivity contribution in [1.29, 1.82) is 0 Å². The molecule has 0 radical (unpaired) electrons. The first-order valence-electron chi connectivity index (χ1n) is 3.81. The fourth-order valence-electron chi connectivity index (χ4n) is 0.790. The van der Waals surface area contributed by atoms with E-state index in [4.69, 9.17) is 5.73 Å². The predicted octanol–water partition coefficient (Wildman–Crippen LogP) is 0.783. The Morgan fingerprint density at radius 1 is 1.18 bits per heavy atom. The molecule has 0 amide bonds. The van der Waals surface area contributed by atoms with Gasteiger partial charge in [-0.3, -0.25) is 0 Å². The molecular formula is C9H13NSe. The summed E-state index contributed by atoms with van der Waals surface area (Å²) in [6.07, 6.45) is 1.16. The fraction of sp³-hybridized carbons (Fsp3) is 0.333. The number of nitrogens with two attached hydrogens (primary N) is 1.